The number of halogens is 4. The molecule has 0 saturated carbocycles. The highest BCUT2D eigenvalue weighted by molar-refractivity contribution is 5.30. The van der Waals surface area contributed by atoms with Crippen molar-refractivity contribution in [3.8, 4) is 0 Å². The average Bonchev–Trinajstić information content (AvgIpc) is 2.00. The molecule has 5 heteroatoms. The van der Waals surface area contributed by atoms with Crippen LogP contribution in [0.25, 0.3) is 0 Å². The molecule has 0 aromatic heterocycles. The first-order chi connectivity index (χ1) is 6.27. The van der Waals surface area contributed by atoms with Gasteiger partial charge in [-0.1, -0.05) is 6.58 Å². The normalized spacial score (nSPS) is 14.4. The van der Waals surface area contributed by atoms with Gasteiger partial charge in [-0.3, -0.25) is 0 Å². The van der Waals surface area contributed by atoms with Crippen molar-refractivity contribution in [3.05, 3.63) is 35.7 Å². The van der Waals surface area contributed by atoms with E-state index < -0.39 is 17.6 Å². The van der Waals surface area contributed by atoms with Gasteiger partial charge in [-0.15, -0.1) is 0 Å². The third kappa shape index (κ3) is 4.81. The molecular weight excluding hydrogens is 198 g/mol. The number of rotatable bonds is 3. The first-order valence-corrected chi connectivity index (χ1v) is 3.78. The van der Waals surface area contributed by atoms with Crippen molar-refractivity contribution in [2.45, 2.75) is 13.1 Å². The smallest absolute Gasteiger partial charge is 0.326 e. The summed E-state index contributed by atoms with van der Waals surface area (Å²) in [6.45, 7) is 3.63. The molecule has 0 aromatic rings. The molecule has 80 valence electrons. The Bertz CT molecular complexity index is 273. The molecule has 0 atom stereocenters. The topological polar surface area (TPSA) is 26.0 Å². The van der Waals surface area contributed by atoms with E-state index in [-0.39, 0.29) is 12.1 Å². The Balaban J connectivity index is 4.85. The predicted octanol–water partition coefficient (Wildman–Crippen LogP) is 2.86. The summed E-state index contributed by atoms with van der Waals surface area (Å²) >= 11 is 0. The molecule has 0 unspecified atom stereocenters. The van der Waals surface area contributed by atoms with Gasteiger partial charge in [0.05, 0.1) is 0 Å². The van der Waals surface area contributed by atoms with Crippen molar-refractivity contribution < 1.29 is 17.6 Å². The molecular formula is C9H11F4N. The van der Waals surface area contributed by atoms with E-state index in [1.54, 1.807) is 0 Å². The molecule has 0 aliphatic rings. The fourth-order valence-corrected chi connectivity index (χ4v) is 0.721. The molecule has 0 aliphatic carbocycles. The summed E-state index contributed by atoms with van der Waals surface area (Å²) in [5.41, 5.74) is 4.35. The van der Waals surface area contributed by atoms with E-state index in [1.807, 2.05) is 0 Å². The third-order valence-electron chi connectivity index (χ3n) is 1.43. The van der Waals surface area contributed by atoms with Gasteiger partial charge in [0.1, 0.15) is 5.83 Å². The molecule has 14 heavy (non-hydrogen) atoms. The van der Waals surface area contributed by atoms with Gasteiger partial charge in [-0.2, -0.15) is 13.2 Å². The quantitative estimate of drug-likeness (QED) is 0.561. The molecule has 0 amide bonds. The summed E-state index contributed by atoms with van der Waals surface area (Å²) in [6.07, 6.45) is -2.74. The largest absolute Gasteiger partial charge is 0.412 e. The monoisotopic (exact) mass is 209 g/mol. The lowest BCUT2D eigenvalue weighted by Crippen LogP contribution is -2.11. The summed E-state index contributed by atoms with van der Waals surface area (Å²) in [5.74, 6) is -0.823. The standard InChI is InChI=1S/C9H11F4N/c1-6(9(11,12)13)3-8(5-14)4-7(2)10/h3-4H,2,5,14H2,1H3/b6-3+,8-4+. The summed E-state index contributed by atoms with van der Waals surface area (Å²) < 4.78 is 48.3. The molecule has 0 aliphatic heterocycles. The molecule has 0 fully saturated rings. The Morgan fingerprint density at radius 3 is 2.14 bits per heavy atom. The number of hydrogen-bond donors (Lipinski definition) is 1. The van der Waals surface area contributed by atoms with Crippen LogP contribution in [0.3, 0.4) is 0 Å². The van der Waals surface area contributed by atoms with Gasteiger partial charge in [0, 0.05) is 12.1 Å². The van der Waals surface area contributed by atoms with Gasteiger partial charge in [-0.25, -0.2) is 4.39 Å². The van der Waals surface area contributed by atoms with Gasteiger partial charge in [0.15, 0.2) is 0 Å². The fourth-order valence-electron chi connectivity index (χ4n) is 0.721. The molecule has 1 nitrogen and oxygen atoms in total. The van der Waals surface area contributed by atoms with Crippen LogP contribution < -0.4 is 5.73 Å². The second kappa shape index (κ2) is 4.95. The molecule has 0 saturated heterocycles. The zero-order valence-corrected chi connectivity index (χ0v) is 7.66. The number of alkyl halides is 3. The first kappa shape index (κ1) is 12.9. The lowest BCUT2D eigenvalue weighted by Gasteiger charge is -2.07. The van der Waals surface area contributed by atoms with E-state index in [4.69, 9.17) is 5.73 Å². The molecule has 0 rings (SSSR count). The number of nitrogens with two attached hydrogens (primary N) is 1. The van der Waals surface area contributed by atoms with Gasteiger partial charge in [-0.05, 0) is 24.6 Å². The van der Waals surface area contributed by atoms with Gasteiger partial charge in [0.2, 0.25) is 0 Å². The van der Waals surface area contributed by atoms with Gasteiger partial charge in [0.25, 0.3) is 0 Å². The summed E-state index contributed by atoms with van der Waals surface area (Å²) in [4.78, 5) is 0. The molecule has 0 spiro atoms. The highest BCUT2D eigenvalue weighted by Crippen LogP contribution is 2.25. The first-order valence-electron chi connectivity index (χ1n) is 3.78. The Morgan fingerprint density at radius 2 is 1.86 bits per heavy atom. The van der Waals surface area contributed by atoms with Crippen LogP contribution >= 0.6 is 0 Å². The Morgan fingerprint density at radius 1 is 1.36 bits per heavy atom. The van der Waals surface area contributed by atoms with E-state index in [0.29, 0.717) is 0 Å². The lowest BCUT2D eigenvalue weighted by molar-refractivity contribution is -0.0913. The SMILES string of the molecule is C=C(F)/C=C(\C=C(/C)C(F)(F)F)CN. The maximum Gasteiger partial charge on any atom is 0.412 e. The number of hydrogen-bond acceptors (Lipinski definition) is 1. The van der Waals surface area contributed by atoms with Crippen LogP contribution in [0.1, 0.15) is 6.92 Å². The zero-order chi connectivity index (χ0) is 11.4. The minimum absolute atomic E-state index is 0.0484. The van der Waals surface area contributed by atoms with Crippen molar-refractivity contribution in [3.63, 3.8) is 0 Å². The van der Waals surface area contributed by atoms with E-state index >= 15 is 0 Å². The minimum Gasteiger partial charge on any atom is -0.326 e. The van der Waals surface area contributed by atoms with Crippen LogP contribution in [0.15, 0.2) is 35.7 Å². The summed E-state index contributed by atoms with van der Waals surface area (Å²) in [7, 11) is 0. The van der Waals surface area contributed by atoms with Crippen molar-refractivity contribution in [2.24, 2.45) is 5.73 Å². The second-order valence-electron chi connectivity index (χ2n) is 2.70. The molecule has 0 heterocycles. The number of allylic oxidation sites excluding steroid dienone is 3. The van der Waals surface area contributed by atoms with Crippen molar-refractivity contribution in [1.29, 1.82) is 0 Å². The van der Waals surface area contributed by atoms with Crippen LogP contribution in [0.5, 0.6) is 0 Å². The Labute approximate surface area is 79.6 Å². The summed E-state index contributed by atoms with van der Waals surface area (Å²) in [5, 5.41) is 0. The van der Waals surface area contributed by atoms with E-state index in [0.717, 1.165) is 19.1 Å². The molecule has 2 N–H and O–H groups in total. The van der Waals surface area contributed by atoms with Crippen LogP contribution in [-0.2, 0) is 0 Å². The summed E-state index contributed by atoms with van der Waals surface area (Å²) in [6, 6.07) is 0. The van der Waals surface area contributed by atoms with Crippen LogP contribution in [0, 0.1) is 0 Å². The second-order valence-corrected chi connectivity index (χ2v) is 2.70. The third-order valence-corrected chi connectivity index (χ3v) is 1.43. The van der Waals surface area contributed by atoms with E-state index in [2.05, 4.69) is 6.58 Å². The van der Waals surface area contributed by atoms with Crippen molar-refractivity contribution >= 4 is 0 Å². The molecule has 0 bridgehead atoms. The molecule has 0 radical (unpaired) electrons. The van der Waals surface area contributed by atoms with E-state index in [9.17, 15) is 17.6 Å². The van der Waals surface area contributed by atoms with Crippen LogP contribution in [-0.4, -0.2) is 12.7 Å². The zero-order valence-electron chi connectivity index (χ0n) is 7.66. The van der Waals surface area contributed by atoms with Crippen LogP contribution in [0.2, 0.25) is 0 Å². The predicted molar refractivity (Wildman–Crippen MR) is 47.2 cm³/mol. The maximum absolute atomic E-state index is 12.2. The van der Waals surface area contributed by atoms with Crippen molar-refractivity contribution in [2.75, 3.05) is 6.54 Å². The molecule has 0 aromatic carbocycles. The Kier molecular flexibility index (Phi) is 4.56. The fraction of sp³-hybridized carbons (Fsp3) is 0.333. The Hall–Kier alpha value is -1.10. The van der Waals surface area contributed by atoms with Crippen LogP contribution in [0.4, 0.5) is 17.6 Å². The van der Waals surface area contributed by atoms with E-state index in [1.165, 1.54) is 0 Å². The highest BCUT2D eigenvalue weighted by Gasteiger charge is 2.29. The highest BCUT2D eigenvalue weighted by atomic mass is 19.4. The average molecular weight is 209 g/mol. The van der Waals surface area contributed by atoms with Gasteiger partial charge < -0.3 is 5.73 Å². The van der Waals surface area contributed by atoms with Gasteiger partial charge >= 0.3 is 6.18 Å². The van der Waals surface area contributed by atoms with Crippen molar-refractivity contribution in [1.82, 2.24) is 0 Å². The lowest BCUT2D eigenvalue weighted by atomic mass is 10.1. The maximum atomic E-state index is 12.2. The minimum atomic E-state index is -4.41.